The molecule has 1 saturated heterocycles. The fourth-order valence-electron chi connectivity index (χ4n) is 3.09. The van der Waals surface area contributed by atoms with Gasteiger partial charge in [0, 0.05) is 18.0 Å². The lowest BCUT2D eigenvalue weighted by Gasteiger charge is -2.30. The molecule has 0 aromatic heterocycles. The second kappa shape index (κ2) is 7.91. The number of carbonyl (C=O) groups excluding carboxylic acids is 3. The van der Waals surface area contributed by atoms with Crippen molar-refractivity contribution in [3.63, 3.8) is 0 Å². The van der Waals surface area contributed by atoms with E-state index in [-0.39, 0.29) is 24.8 Å². The highest BCUT2D eigenvalue weighted by molar-refractivity contribution is 8.01. The van der Waals surface area contributed by atoms with Gasteiger partial charge in [-0.1, -0.05) is 19.1 Å². The summed E-state index contributed by atoms with van der Waals surface area (Å²) >= 11 is 1.35. The Labute approximate surface area is 151 Å². The highest BCUT2D eigenvalue weighted by atomic mass is 32.2. The molecule has 2 amide bonds. The normalized spacial score (nSPS) is 22.8. The maximum absolute atomic E-state index is 12.1. The SMILES string of the molecule is C[C@H]1CCCN(C(=O)COC(=O)C[C@@H]2Sc3ccccc3NC2=O)C1. The zero-order chi connectivity index (χ0) is 17.8. The van der Waals surface area contributed by atoms with Gasteiger partial charge in [0.25, 0.3) is 5.91 Å². The Balaban J connectivity index is 1.48. The molecule has 3 rings (SSSR count). The molecule has 2 atom stereocenters. The molecule has 1 fully saturated rings. The van der Waals surface area contributed by atoms with Crippen LogP contribution in [0, 0.1) is 5.92 Å². The van der Waals surface area contributed by atoms with Gasteiger partial charge in [0.2, 0.25) is 5.91 Å². The smallest absolute Gasteiger partial charge is 0.307 e. The second-order valence-corrected chi connectivity index (χ2v) is 7.79. The average molecular weight is 362 g/mol. The van der Waals surface area contributed by atoms with Crippen LogP contribution in [0.15, 0.2) is 29.2 Å². The molecular weight excluding hydrogens is 340 g/mol. The first-order valence-corrected chi connectivity index (χ1v) is 9.41. The highest BCUT2D eigenvalue weighted by Gasteiger charge is 2.30. The Kier molecular flexibility index (Phi) is 5.63. The first-order valence-electron chi connectivity index (χ1n) is 8.53. The lowest BCUT2D eigenvalue weighted by atomic mass is 10.0. The topological polar surface area (TPSA) is 75.7 Å². The maximum atomic E-state index is 12.1. The molecular formula is C18H22N2O4S. The highest BCUT2D eigenvalue weighted by Crippen LogP contribution is 2.36. The third-order valence-corrected chi connectivity index (χ3v) is 5.70. The summed E-state index contributed by atoms with van der Waals surface area (Å²) in [6.45, 7) is 3.30. The van der Waals surface area contributed by atoms with E-state index in [1.807, 2.05) is 24.3 Å². The van der Waals surface area contributed by atoms with Gasteiger partial charge in [-0.3, -0.25) is 14.4 Å². The summed E-state index contributed by atoms with van der Waals surface area (Å²) in [5, 5.41) is 2.26. The van der Waals surface area contributed by atoms with E-state index in [0.29, 0.717) is 12.5 Å². The third-order valence-electron chi connectivity index (χ3n) is 4.43. The number of piperidine rings is 1. The fraction of sp³-hybridized carbons (Fsp3) is 0.500. The number of nitrogens with one attached hydrogen (secondary N) is 1. The number of amides is 2. The molecule has 134 valence electrons. The number of thioether (sulfide) groups is 1. The van der Waals surface area contributed by atoms with Crippen molar-refractivity contribution in [2.75, 3.05) is 25.0 Å². The first kappa shape index (κ1) is 17.8. The molecule has 25 heavy (non-hydrogen) atoms. The van der Waals surface area contributed by atoms with Crippen molar-refractivity contribution in [2.45, 2.75) is 36.3 Å². The number of hydrogen-bond donors (Lipinski definition) is 1. The number of nitrogens with zero attached hydrogens (tertiary/aromatic N) is 1. The van der Waals surface area contributed by atoms with E-state index < -0.39 is 11.2 Å². The van der Waals surface area contributed by atoms with Crippen LogP contribution in [0.5, 0.6) is 0 Å². The van der Waals surface area contributed by atoms with Crippen molar-refractivity contribution in [3.8, 4) is 0 Å². The van der Waals surface area contributed by atoms with Crippen molar-refractivity contribution in [2.24, 2.45) is 5.92 Å². The van der Waals surface area contributed by atoms with Gasteiger partial charge in [0.1, 0.15) is 0 Å². The standard InChI is InChI=1S/C18H22N2O4S/c1-12-5-4-8-20(10-12)16(21)11-24-17(22)9-15-18(23)19-13-6-2-3-7-14(13)25-15/h2-3,6-7,12,15H,4-5,8-11H2,1H3,(H,19,23)/t12-,15-/m0/s1. The van der Waals surface area contributed by atoms with Crippen molar-refractivity contribution in [1.29, 1.82) is 0 Å². The predicted molar refractivity (Wildman–Crippen MR) is 95.3 cm³/mol. The number of ether oxygens (including phenoxy) is 1. The Hall–Kier alpha value is -2.02. The van der Waals surface area contributed by atoms with Crippen LogP contribution in [-0.4, -0.2) is 47.6 Å². The zero-order valence-electron chi connectivity index (χ0n) is 14.2. The van der Waals surface area contributed by atoms with Crippen molar-refractivity contribution in [1.82, 2.24) is 4.90 Å². The second-order valence-electron chi connectivity index (χ2n) is 6.54. The number of benzene rings is 1. The van der Waals surface area contributed by atoms with Gasteiger partial charge < -0.3 is 15.0 Å². The number of fused-ring (bicyclic) bond motifs is 1. The predicted octanol–water partition coefficient (Wildman–Crippen LogP) is 2.29. The van der Waals surface area contributed by atoms with Gasteiger partial charge >= 0.3 is 5.97 Å². The first-order chi connectivity index (χ1) is 12.0. The molecule has 2 aliphatic rings. The van der Waals surface area contributed by atoms with Crippen LogP contribution in [0.2, 0.25) is 0 Å². The van der Waals surface area contributed by atoms with Crippen LogP contribution in [0.1, 0.15) is 26.2 Å². The molecule has 1 aromatic carbocycles. The molecule has 6 nitrogen and oxygen atoms in total. The molecule has 0 saturated carbocycles. The number of para-hydroxylation sites is 1. The van der Waals surface area contributed by atoms with Crippen LogP contribution in [0.4, 0.5) is 5.69 Å². The molecule has 0 unspecified atom stereocenters. The van der Waals surface area contributed by atoms with E-state index in [4.69, 9.17) is 4.74 Å². The molecule has 0 spiro atoms. The van der Waals surface area contributed by atoms with Crippen LogP contribution < -0.4 is 5.32 Å². The third kappa shape index (κ3) is 4.54. The molecule has 1 aromatic rings. The van der Waals surface area contributed by atoms with Gasteiger partial charge in [-0.15, -0.1) is 11.8 Å². The van der Waals surface area contributed by atoms with Crippen molar-refractivity contribution >= 4 is 35.2 Å². The number of esters is 1. The minimum absolute atomic E-state index is 0.0471. The zero-order valence-corrected chi connectivity index (χ0v) is 15.0. The largest absolute Gasteiger partial charge is 0.456 e. The monoisotopic (exact) mass is 362 g/mol. The number of carbonyl (C=O) groups is 3. The van der Waals surface area contributed by atoms with Gasteiger partial charge in [-0.2, -0.15) is 0 Å². The van der Waals surface area contributed by atoms with E-state index in [1.54, 1.807) is 4.90 Å². The number of hydrogen-bond acceptors (Lipinski definition) is 5. The maximum Gasteiger partial charge on any atom is 0.307 e. The summed E-state index contributed by atoms with van der Waals surface area (Å²) in [7, 11) is 0. The molecule has 0 bridgehead atoms. The van der Waals surface area contributed by atoms with E-state index >= 15 is 0 Å². The summed E-state index contributed by atoms with van der Waals surface area (Å²) in [5.41, 5.74) is 0.761. The van der Waals surface area contributed by atoms with E-state index in [2.05, 4.69) is 12.2 Å². The number of rotatable bonds is 4. The molecule has 0 radical (unpaired) electrons. The molecule has 7 heteroatoms. The van der Waals surface area contributed by atoms with Crippen LogP contribution >= 0.6 is 11.8 Å². The van der Waals surface area contributed by atoms with E-state index in [9.17, 15) is 14.4 Å². The Morgan fingerprint density at radius 3 is 2.96 bits per heavy atom. The van der Waals surface area contributed by atoms with Crippen LogP contribution in [0.3, 0.4) is 0 Å². The lowest BCUT2D eigenvalue weighted by Crippen LogP contribution is -2.41. The number of likely N-dealkylation sites (tertiary alicyclic amines) is 1. The summed E-state index contributed by atoms with van der Waals surface area (Å²) in [5.74, 6) is -0.413. The molecule has 2 heterocycles. The van der Waals surface area contributed by atoms with Crippen LogP contribution in [-0.2, 0) is 19.1 Å². The summed E-state index contributed by atoms with van der Waals surface area (Å²) < 4.78 is 5.11. The summed E-state index contributed by atoms with van der Waals surface area (Å²) in [6, 6.07) is 7.46. The quantitative estimate of drug-likeness (QED) is 0.832. The van der Waals surface area contributed by atoms with Gasteiger partial charge in [0.05, 0.1) is 17.4 Å². The summed E-state index contributed by atoms with van der Waals surface area (Å²) in [6.07, 6.45) is 2.06. The van der Waals surface area contributed by atoms with Gasteiger partial charge in [0.15, 0.2) is 6.61 Å². The summed E-state index contributed by atoms with van der Waals surface area (Å²) in [4.78, 5) is 38.9. The van der Waals surface area contributed by atoms with E-state index in [1.165, 1.54) is 11.8 Å². The fourth-order valence-corrected chi connectivity index (χ4v) is 4.18. The van der Waals surface area contributed by atoms with Gasteiger partial charge in [-0.05, 0) is 30.9 Å². The number of anilines is 1. The van der Waals surface area contributed by atoms with Crippen molar-refractivity contribution < 1.29 is 19.1 Å². The minimum atomic E-state index is -0.535. The lowest BCUT2D eigenvalue weighted by molar-refractivity contribution is -0.153. The molecule has 2 aliphatic heterocycles. The average Bonchev–Trinajstić information content (AvgIpc) is 2.60. The van der Waals surface area contributed by atoms with Crippen LogP contribution in [0.25, 0.3) is 0 Å². The van der Waals surface area contributed by atoms with Crippen molar-refractivity contribution in [3.05, 3.63) is 24.3 Å². The Bertz CT molecular complexity index is 679. The minimum Gasteiger partial charge on any atom is -0.456 e. The Morgan fingerprint density at radius 2 is 2.16 bits per heavy atom. The molecule has 0 aliphatic carbocycles. The van der Waals surface area contributed by atoms with Gasteiger partial charge in [-0.25, -0.2) is 0 Å². The van der Waals surface area contributed by atoms with E-state index in [0.717, 1.165) is 30.0 Å². The molecule has 1 N–H and O–H groups in total. The Morgan fingerprint density at radius 1 is 1.36 bits per heavy atom.